The van der Waals surface area contributed by atoms with Gasteiger partial charge in [0.1, 0.15) is 11.9 Å². The molecule has 2 amide bonds. The van der Waals surface area contributed by atoms with Gasteiger partial charge in [-0.15, -0.1) is 0 Å². The highest BCUT2D eigenvalue weighted by Gasteiger charge is 2.54. The Morgan fingerprint density at radius 2 is 2.03 bits per heavy atom. The fourth-order valence-electron chi connectivity index (χ4n) is 4.83. The van der Waals surface area contributed by atoms with Crippen LogP contribution in [0.4, 0.5) is 13.2 Å². The van der Waals surface area contributed by atoms with E-state index >= 15 is 0 Å². The highest BCUT2D eigenvalue weighted by molar-refractivity contribution is 7.15. The molecule has 0 atom stereocenters. The maximum atomic E-state index is 12.8. The number of hydrogen-bond donors (Lipinski definition) is 2. The van der Waals surface area contributed by atoms with Gasteiger partial charge in [0.25, 0.3) is 17.0 Å². The second kappa shape index (κ2) is 8.84. The van der Waals surface area contributed by atoms with E-state index in [4.69, 9.17) is 19.9 Å². The lowest BCUT2D eigenvalue weighted by Crippen LogP contribution is -2.58. The molecule has 0 aromatic carbocycles. The number of nitrogens with two attached hydrogens (primary N) is 1. The van der Waals surface area contributed by atoms with E-state index in [0.717, 1.165) is 37.0 Å². The Kier molecular flexibility index (Phi) is 5.93. The van der Waals surface area contributed by atoms with Crippen LogP contribution in [-0.2, 0) is 0 Å². The van der Waals surface area contributed by atoms with Gasteiger partial charge in [-0.2, -0.15) is 23.3 Å². The summed E-state index contributed by atoms with van der Waals surface area (Å²) in [5.41, 5.74) is 6.24. The number of rotatable bonds is 8. The van der Waals surface area contributed by atoms with E-state index in [1.54, 1.807) is 0 Å². The van der Waals surface area contributed by atoms with Gasteiger partial charge in [0.2, 0.25) is 5.88 Å². The molecule has 3 N–H and O–H groups in total. The molecule has 2 saturated carbocycles. The average molecular weight is 526 g/mol. The molecule has 0 bridgehead atoms. The normalized spacial score (nSPS) is 23.1. The van der Waals surface area contributed by atoms with Crippen molar-refractivity contribution in [2.24, 2.45) is 11.1 Å². The zero-order chi connectivity index (χ0) is 25.7. The Morgan fingerprint density at radius 1 is 1.28 bits per heavy atom. The molecule has 14 heteroatoms. The number of carbonyl (C=O) groups excluding carboxylic acids is 2. The first-order valence-corrected chi connectivity index (χ1v) is 11.8. The lowest BCUT2D eigenvalue weighted by Gasteiger charge is -2.57. The van der Waals surface area contributed by atoms with Gasteiger partial charge < -0.3 is 25.3 Å². The number of nitrogens with one attached hydrogen (secondary N) is 1. The predicted molar refractivity (Wildman–Crippen MR) is 120 cm³/mol. The number of hydrogen-bond acceptors (Lipinski definition) is 8. The lowest BCUT2D eigenvalue weighted by molar-refractivity contribution is -0.153. The molecule has 3 heterocycles. The zero-order valence-corrected chi connectivity index (χ0v) is 19.8. The molecule has 36 heavy (non-hydrogen) atoms. The van der Waals surface area contributed by atoms with Gasteiger partial charge in [-0.05, 0) is 43.2 Å². The molecule has 0 aliphatic heterocycles. The first kappa shape index (κ1) is 24.2. The predicted octanol–water partition coefficient (Wildman–Crippen LogP) is 2.96. The minimum atomic E-state index is -4.45. The van der Waals surface area contributed by atoms with Crippen molar-refractivity contribution in [2.75, 3.05) is 13.7 Å². The van der Waals surface area contributed by atoms with Crippen LogP contribution in [0, 0.1) is 5.41 Å². The fourth-order valence-corrected chi connectivity index (χ4v) is 5.50. The Morgan fingerprint density at radius 3 is 2.69 bits per heavy atom. The molecule has 0 saturated heterocycles. The van der Waals surface area contributed by atoms with Crippen molar-refractivity contribution >= 4 is 28.7 Å². The first-order valence-electron chi connectivity index (χ1n) is 11.0. The van der Waals surface area contributed by atoms with Crippen LogP contribution in [0.3, 0.4) is 0 Å². The third-order valence-corrected chi connectivity index (χ3v) is 7.42. The van der Waals surface area contributed by atoms with Crippen LogP contribution in [0.15, 0.2) is 24.5 Å². The van der Waals surface area contributed by atoms with Crippen molar-refractivity contribution in [3.8, 4) is 16.8 Å². The number of ether oxygens (including phenoxy) is 3. The van der Waals surface area contributed by atoms with E-state index in [1.807, 2.05) is 0 Å². The van der Waals surface area contributed by atoms with Gasteiger partial charge in [0, 0.05) is 6.04 Å². The van der Waals surface area contributed by atoms with Crippen LogP contribution in [0.2, 0.25) is 0 Å². The van der Waals surface area contributed by atoms with Crippen molar-refractivity contribution < 1.29 is 37.0 Å². The maximum absolute atomic E-state index is 12.8. The molecule has 10 nitrogen and oxygen atoms in total. The van der Waals surface area contributed by atoms with Gasteiger partial charge in [-0.25, -0.2) is 4.52 Å². The number of thiazole rings is 1. The van der Waals surface area contributed by atoms with Gasteiger partial charge in [-0.1, -0.05) is 11.3 Å². The molecule has 2 aliphatic rings. The molecule has 2 fully saturated rings. The van der Waals surface area contributed by atoms with E-state index in [-0.39, 0.29) is 40.0 Å². The molecule has 0 radical (unpaired) electrons. The maximum Gasteiger partial charge on any atom is 0.422 e. The van der Waals surface area contributed by atoms with Crippen LogP contribution in [0.1, 0.15) is 45.7 Å². The number of nitrogens with zero attached hydrogens (tertiary/aromatic N) is 3. The molecule has 1 spiro atoms. The third kappa shape index (κ3) is 4.76. The summed E-state index contributed by atoms with van der Waals surface area (Å²) in [6, 6.07) is 2.86. The summed E-state index contributed by atoms with van der Waals surface area (Å²) in [7, 11) is 1.45. The van der Waals surface area contributed by atoms with Crippen LogP contribution in [-0.4, -0.2) is 58.5 Å². The highest BCUT2D eigenvalue weighted by atomic mass is 32.1. The van der Waals surface area contributed by atoms with Crippen molar-refractivity contribution in [1.82, 2.24) is 19.9 Å². The van der Waals surface area contributed by atoms with Crippen LogP contribution >= 0.6 is 11.3 Å². The van der Waals surface area contributed by atoms with E-state index < -0.39 is 18.7 Å². The van der Waals surface area contributed by atoms with Gasteiger partial charge >= 0.3 is 6.18 Å². The SMILES string of the molecule is COc1nc(OC2CC3(CC(NC(=O)c4cnn5cc(OCC(F)(F)F)ccc45)C3)C2)c(C(N)=O)s1. The third-order valence-electron chi connectivity index (χ3n) is 6.40. The first-order chi connectivity index (χ1) is 17.0. The summed E-state index contributed by atoms with van der Waals surface area (Å²) in [6.07, 6.45) is 1.25. The second-order valence-electron chi connectivity index (χ2n) is 9.07. The molecular weight excluding hydrogens is 503 g/mol. The number of primary amides is 1. The monoisotopic (exact) mass is 525 g/mol. The van der Waals surface area contributed by atoms with E-state index in [9.17, 15) is 22.8 Å². The molecular formula is C22H22F3N5O5S. The number of pyridine rings is 1. The molecule has 5 rings (SSSR count). The van der Waals surface area contributed by atoms with Gasteiger partial charge in [0.05, 0.1) is 30.6 Å². The minimum absolute atomic E-state index is 0.00313. The fraction of sp³-hybridized carbons (Fsp3) is 0.455. The zero-order valence-electron chi connectivity index (χ0n) is 19.0. The topological polar surface area (TPSA) is 130 Å². The van der Waals surface area contributed by atoms with Crippen LogP contribution < -0.4 is 25.3 Å². The molecule has 192 valence electrons. The number of halogens is 3. The number of methoxy groups -OCH3 is 1. The van der Waals surface area contributed by atoms with Crippen LogP contribution in [0.5, 0.6) is 16.8 Å². The van der Waals surface area contributed by atoms with Gasteiger partial charge in [0.15, 0.2) is 11.5 Å². The second-order valence-corrected chi connectivity index (χ2v) is 10.0. The number of aromatic nitrogens is 3. The van der Waals surface area contributed by atoms with Crippen molar-refractivity contribution in [3.05, 3.63) is 35.0 Å². The summed E-state index contributed by atoms with van der Waals surface area (Å²) < 4.78 is 54.0. The summed E-state index contributed by atoms with van der Waals surface area (Å²) in [5.74, 6) is -0.740. The van der Waals surface area contributed by atoms with E-state index in [1.165, 1.54) is 36.2 Å². The van der Waals surface area contributed by atoms with Crippen LogP contribution in [0.25, 0.3) is 5.52 Å². The Bertz CT molecular complexity index is 1310. The quantitative estimate of drug-likeness (QED) is 0.463. The number of alkyl halides is 3. The molecule has 0 unspecified atom stereocenters. The summed E-state index contributed by atoms with van der Waals surface area (Å²) in [6.45, 7) is -1.41. The molecule has 3 aromatic heterocycles. The van der Waals surface area contributed by atoms with Crippen molar-refractivity contribution in [2.45, 2.75) is 44.0 Å². The highest BCUT2D eigenvalue weighted by Crippen LogP contribution is 2.57. The average Bonchev–Trinajstić information content (AvgIpc) is 3.38. The Balaban J connectivity index is 1.13. The summed E-state index contributed by atoms with van der Waals surface area (Å²) in [5, 5.41) is 7.35. The summed E-state index contributed by atoms with van der Waals surface area (Å²) >= 11 is 1.04. The molecule has 3 aromatic rings. The summed E-state index contributed by atoms with van der Waals surface area (Å²) in [4.78, 5) is 28.8. The lowest BCUT2D eigenvalue weighted by atomic mass is 9.53. The smallest absolute Gasteiger partial charge is 0.422 e. The Hall–Kier alpha value is -3.55. The Labute approximate surface area is 206 Å². The number of amides is 2. The van der Waals surface area contributed by atoms with Gasteiger partial charge in [-0.3, -0.25) is 9.59 Å². The van der Waals surface area contributed by atoms with Crippen molar-refractivity contribution in [3.63, 3.8) is 0 Å². The number of fused-ring (bicyclic) bond motifs is 1. The number of carbonyl (C=O) groups is 2. The largest absolute Gasteiger partial charge is 0.483 e. The van der Waals surface area contributed by atoms with Crippen molar-refractivity contribution in [1.29, 1.82) is 0 Å². The standard InChI is InChI=1S/C22H22F3N5O5S/c1-33-20-29-19(16(36-20)17(26)31)35-13-6-21(7-13)4-11(5-21)28-18(32)14-8-27-30-9-12(2-3-15(14)30)34-10-22(23,24)25/h2-3,8-9,11,13H,4-7,10H2,1H3,(H2,26,31)(H,28,32). The van der Waals surface area contributed by atoms with E-state index in [0.29, 0.717) is 16.3 Å². The molecule has 2 aliphatic carbocycles. The minimum Gasteiger partial charge on any atom is -0.483 e. The van der Waals surface area contributed by atoms with E-state index in [2.05, 4.69) is 15.4 Å².